The molecule has 8 heteroatoms. The highest BCUT2D eigenvalue weighted by molar-refractivity contribution is 14.0. The van der Waals surface area contributed by atoms with Crippen LogP contribution in [0, 0.1) is 0 Å². The Labute approximate surface area is 190 Å². The van der Waals surface area contributed by atoms with Gasteiger partial charge in [-0.15, -0.1) is 24.0 Å². The maximum Gasteiger partial charge on any atom is 0.191 e. The average molecular weight is 513 g/mol. The van der Waals surface area contributed by atoms with Crippen LogP contribution in [0.5, 0.6) is 0 Å². The van der Waals surface area contributed by atoms with Gasteiger partial charge < -0.3 is 19.9 Å². The molecule has 1 aromatic carbocycles. The van der Waals surface area contributed by atoms with Crippen molar-refractivity contribution in [1.29, 1.82) is 0 Å². The molecule has 2 heterocycles. The van der Waals surface area contributed by atoms with Crippen molar-refractivity contribution in [1.82, 2.24) is 20.7 Å². The monoisotopic (exact) mass is 513 g/mol. The number of rotatable bonds is 7. The molecule has 0 amide bonds. The molecule has 160 valence electrons. The molecule has 0 spiro atoms. The third-order valence-corrected chi connectivity index (χ3v) is 4.92. The van der Waals surface area contributed by atoms with Crippen molar-refractivity contribution < 1.29 is 9.26 Å². The highest BCUT2D eigenvalue weighted by Gasteiger charge is 2.28. The summed E-state index contributed by atoms with van der Waals surface area (Å²) in [5.74, 6) is 1.55. The van der Waals surface area contributed by atoms with Crippen molar-refractivity contribution in [2.45, 2.75) is 32.9 Å². The van der Waals surface area contributed by atoms with E-state index >= 15 is 0 Å². The zero-order valence-corrected chi connectivity index (χ0v) is 19.8. The van der Waals surface area contributed by atoms with Crippen molar-refractivity contribution in [2.24, 2.45) is 4.99 Å². The predicted molar refractivity (Wildman–Crippen MR) is 127 cm³/mol. The van der Waals surface area contributed by atoms with Gasteiger partial charge in [0.1, 0.15) is 5.69 Å². The first kappa shape index (κ1) is 23.6. The molecule has 1 aromatic heterocycles. The Morgan fingerprint density at radius 2 is 1.90 bits per heavy atom. The number of aliphatic imine (C=N–C) groups is 1. The average Bonchev–Trinajstić information content (AvgIpc) is 3.20. The van der Waals surface area contributed by atoms with E-state index in [-0.39, 0.29) is 29.5 Å². The highest BCUT2D eigenvalue weighted by Crippen LogP contribution is 2.20. The van der Waals surface area contributed by atoms with Crippen molar-refractivity contribution in [3.05, 3.63) is 42.1 Å². The van der Waals surface area contributed by atoms with Gasteiger partial charge in [-0.1, -0.05) is 35.5 Å². The fraction of sp³-hybridized carbons (Fsp3) is 0.524. The Balaban J connectivity index is 0.00000300. The van der Waals surface area contributed by atoms with Gasteiger partial charge in [0.2, 0.25) is 0 Å². The van der Waals surface area contributed by atoms with Crippen LogP contribution in [-0.4, -0.2) is 60.9 Å². The molecule has 0 unspecified atom stereocenters. The van der Waals surface area contributed by atoms with Gasteiger partial charge in [-0.3, -0.25) is 4.90 Å². The van der Waals surface area contributed by atoms with Crippen LogP contribution in [-0.2, 0) is 11.3 Å². The van der Waals surface area contributed by atoms with E-state index in [1.54, 1.807) is 0 Å². The van der Waals surface area contributed by atoms with E-state index in [9.17, 15) is 0 Å². The lowest BCUT2D eigenvalue weighted by Gasteiger charge is -2.41. The zero-order chi connectivity index (χ0) is 19.8. The molecule has 0 saturated carbocycles. The van der Waals surface area contributed by atoms with Gasteiger partial charge in [-0.05, 0) is 20.8 Å². The number of nitrogens with one attached hydrogen (secondary N) is 2. The van der Waals surface area contributed by atoms with Crippen LogP contribution in [0.2, 0.25) is 0 Å². The van der Waals surface area contributed by atoms with Crippen LogP contribution >= 0.6 is 24.0 Å². The fourth-order valence-corrected chi connectivity index (χ4v) is 3.21. The molecule has 7 nitrogen and oxygen atoms in total. The number of ether oxygens (including phenoxy) is 1. The van der Waals surface area contributed by atoms with Gasteiger partial charge in [0.05, 0.1) is 19.8 Å². The third kappa shape index (κ3) is 6.97. The minimum absolute atomic E-state index is 0. The topological polar surface area (TPSA) is 74.9 Å². The van der Waals surface area contributed by atoms with E-state index in [0.29, 0.717) is 6.54 Å². The molecule has 2 N–H and O–H groups in total. The Bertz CT molecular complexity index is 757. The zero-order valence-electron chi connectivity index (χ0n) is 17.5. The standard InChI is InChI=1S/C21H31N5O2.HI/c1-4-22-20(24-16-21(2,3)26-10-12-27-13-11-26)23-15-18-14-19(28-25-18)17-8-6-5-7-9-17;/h5-9,14H,4,10-13,15-16H2,1-3H3,(H2,22,23,24);1H. The van der Waals surface area contributed by atoms with Gasteiger partial charge in [0, 0.05) is 43.3 Å². The number of nitrogens with zero attached hydrogens (tertiary/aromatic N) is 3. The van der Waals surface area contributed by atoms with E-state index in [1.807, 2.05) is 36.4 Å². The van der Waals surface area contributed by atoms with Crippen LogP contribution in [0.15, 0.2) is 45.9 Å². The van der Waals surface area contributed by atoms with Gasteiger partial charge in [0.15, 0.2) is 11.7 Å². The Morgan fingerprint density at radius 3 is 2.59 bits per heavy atom. The first-order valence-electron chi connectivity index (χ1n) is 9.94. The number of morpholine rings is 1. The van der Waals surface area contributed by atoms with E-state index in [1.165, 1.54) is 0 Å². The van der Waals surface area contributed by atoms with Gasteiger partial charge in [0.25, 0.3) is 0 Å². The molecule has 0 aliphatic carbocycles. The van der Waals surface area contributed by atoms with Crippen LogP contribution in [0.1, 0.15) is 26.5 Å². The molecule has 0 radical (unpaired) electrons. The molecule has 0 bridgehead atoms. The largest absolute Gasteiger partial charge is 0.379 e. The number of halogens is 1. The Morgan fingerprint density at radius 1 is 1.17 bits per heavy atom. The molecule has 1 saturated heterocycles. The molecule has 1 aliphatic heterocycles. The third-order valence-electron chi connectivity index (χ3n) is 4.92. The maximum absolute atomic E-state index is 5.47. The number of hydrogen-bond donors (Lipinski definition) is 2. The summed E-state index contributed by atoms with van der Waals surface area (Å²) in [5.41, 5.74) is 1.85. The number of hydrogen-bond acceptors (Lipinski definition) is 5. The summed E-state index contributed by atoms with van der Waals surface area (Å²) in [5, 5.41) is 10.9. The number of guanidine groups is 1. The summed E-state index contributed by atoms with van der Waals surface area (Å²) in [6.07, 6.45) is 0. The first-order valence-corrected chi connectivity index (χ1v) is 9.94. The van der Waals surface area contributed by atoms with Gasteiger partial charge >= 0.3 is 0 Å². The van der Waals surface area contributed by atoms with Gasteiger partial charge in [-0.25, -0.2) is 4.99 Å². The van der Waals surface area contributed by atoms with Crippen molar-refractivity contribution in [3.8, 4) is 11.3 Å². The predicted octanol–water partition coefficient (Wildman–Crippen LogP) is 3.13. The van der Waals surface area contributed by atoms with E-state index < -0.39 is 0 Å². The van der Waals surface area contributed by atoms with Crippen LogP contribution < -0.4 is 10.6 Å². The summed E-state index contributed by atoms with van der Waals surface area (Å²) in [4.78, 5) is 7.12. The molecular weight excluding hydrogens is 481 g/mol. The van der Waals surface area contributed by atoms with Crippen molar-refractivity contribution >= 4 is 29.9 Å². The second kappa shape index (κ2) is 11.5. The highest BCUT2D eigenvalue weighted by atomic mass is 127. The molecule has 2 aromatic rings. The summed E-state index contributed by atoms with van der Waals surface area (Å²) < 4.78 is 10.9. The smallest absolute Gasteiger partial charge is 0.191 e. The molecule has 1 fully saturated rings. The molecule has 0 atom stereocenters. The van der Waals surface area contributed by atoms with E-state index in [2.05, 4.69) is 46.5 Å². The fourth-order valence-electron chi connectivity index (χ4n) is 3.21. The Hall–Kier alpha value is -1.65. The van der Waals surface area contributed by atoms with Crippen LogP contribution in [0.25, 0.3) is 11.3 Å². The van der Waals surface area contributed by atoms with Crippen molar-refractivity contribution in [3.63, 3.8) is 0 Å². The minimum atomic E-state index is 0. The quantitative estimate of drug-likeness (QED) is 0.337. The number of benzene rings is 1. The van der Waals surface area contributed by atoms with E-state index in [0.717, 1.165) is 62.4 Å². The second-order valence-corrected chi connectivity index (χ2v) is 7.51. The summed E-state index contributed by atoms with van der Waals surface area (Å²) >= 11 is 0. The van der Waals surface area contributed by atoms with Crippen molar-refractivity contribution in [2.75, 3.05) is 39.4 Å². The van der Waals surface area contributed by atoms with Gasteiger partial charge in [-0.2, -0.15) is 0 Å². The molecular formula is C21H32IN5O2. The molecule has 3 rings (SSSR count). The second-order valence-electron chi connectivity index (χ2n) is 7.51. The maximum atomic E-state index is 5.47. The summed E-state index contributed by atoms with van der Waals surface area (Å²) in [7, 11) is 0. The van der Waals surface area contributed by atoms with E-state index in [4.69, 9.17) is 9.26 Å². The number of aromatic nitrogens is 1. The van der Waals surface area contributed by atoms with Crippen LogP contribution in [0.4, 0.5) is 0 Å². The first-order chi connectivity index (χ1) is 13.6. The SMILES string of the molecule is CCNC(=NCc1cc(-c2ccccc2)on1)NCC(C)(C)N1CCOCC1.I. The van der Waals surface area contributed by atoms with Crippen LogP contribution in [0.3, 0.4) is 0 Å². The Kier molecular flexibility index (Phi) is 9.38. The lowest BCUT2D eigenvalue weighted by atomic mass is 10.0. The molecule has 29 heavy (non-hydrogen) atoms. The normalized spacial score (nSPS) is 15.6. The lowest BCUT2D eigenvalue weighted by Crippen LogP contribution is -2.56. The minimum Gasteiger partial charge on any atom is -0.379 e. The lowest BCUT2D eigenvalue weighted by molar-refractivity contribution is -0.00834. The summed E-state index contributed by atoms with van der Waals surface area (Å²) in [6.45, 7) is 12.1. The molecule has 1 aliphatic rings. The summed E-state index contributed by atoms with van der Waals surface area (Å²) in [6, 6.07) is 11.9.